The van der Waals surface area contributed by atoms with Crippen molar-refractivity contribution in [1.82, 2.24) is 9.88 Å². The topological polar surface area (TPSA) is 53.4 Å². The van der Waals surface area contributed by atoms with E-state index in [0.29, 0.717) is 12.5 Å². The minimum absolute atomic E-state index is 0.116. The van der Waals surface area contributed by atoms with Crippen molar-refractivity contribution < 1.29 is 9.90 Å². The Kier molecular flexibility index (Phi) is 3.74. The number of rotatable bonds is 6. The number of aromatic nitrogens is 1. The number of aliphatic carboxylic acids is 1. The van der Waals surface area contributed by atoms with Gasteiger partial charge in [-0.3, -0.25) is 14.7 Å². The monoisotopic (exact) mass is 234 g/mol. The Morgan fingerprint density at radius 3 is 2.94 bits per heavy atom. The van der Waals surface area contributed by atoms with Crippen molar-refractivity contribution in [1.29, 1.82) is 0 Å². The molecule has 0 amide bonds. The van der Waals surface area contributed by atoms with Gasteiger partial charge in [-0.1, -0.05) is 0 Å². The third-order valence-electron chi connectivity index (χ3n) is 3.11. The first-order valence-corrected chi connectivity index (χ1v) is 5.99. The van der Waals surface area contributed by atoms with E-state index in [1.54, 1.807) is 6.20 Å². The second-order valence-electron chi connectivity index (χ2n) is 4.81. The fourth-order valence-electron chi connectivity index (χ4n) is 1.94. The van der Waals surface area contributed by atoms with Gasteiger partial charge in [0.1, 0.15) is 0 Å². The Balaban J connectivity index is 2.00. The highest BCUT2D eigenvalue weighted by atomic mass is 16.4. The lowest BCUT2D eigenvalue weighted by Gasteiger charge is -2.20. The molecule has 0 aromatic carbocycles. The van der Waals surface area contributed by atoms with E-state index in [0.717, 1.165) is 12.1 Å². The summed E-state index contributed by atoms with van der Waals surface area (Å²) in [6.07, 6.45) is 6.07. The molecule has 1 heterocycles. The van der Waals surface area contributed by atoms with Gasteiger partial charge in [0.2, 0.25) is 0 Å². The summed E-state index contributed by atoms with van der Waals surface area (Å²) in [6.45, 7) is 3.72. The van der Waals surface area contributed by atoms with Crippen LogP contribution in [0.4, 0.5) is 0 Å². The van der Waals surface area contributed by atoms with Crippen molar-refractivity contribution in [2.45, 2.75) is 26.3 Å². The Labute approximate surface area is 101 Å². The highest BCUT2D eigenvalue weighted by Gasteiger charge is 2.25. The number of hydrogen-bond acceptors (Lipinski definition) is 3. The van der Waals surface area contributed by atoms with Crippen LogP contribution in [0.3, 0.4) is 0 Å². The fourth-order valence-corrected chi connectivity index (χ4v) is 1.94. The number of hydrogen-bond donors (Lipinski definition) is 1. The highest BCUT2D eigenvalue weighted by molar-refractivity contribution is 5.69. The molecule has 1 aliphatic rings. The van der Waals surface area contributed by atoms with Crippen molar-refractivity contribution in [3.63, 3.8) is 0 Å². The summed E-state index contributed by atoms with van der Waals surface area (Å²) in [6, 6.07) is 1.96. The second kappa shape index (κ2) is 5.27. The first-order valence-electron chi connectivity index (χ1n) is 5.99. The lowest BCUT2D eigenvalue weighted by Crippen LogP contribution is -2.31. The molecule has 4 nitrogen and oxygen atoms in total. The molecule has 1 saturated carbocycles. The van der Waals surface area contributed by atoms with E-state index in [9.17, 15) is 4.79 Å². The first kappa shape index (κ1) is 12.0. The largest absolute Gasteiger partial charge is 0.480 e. The normalized spacial score (nSPS) is 15.2. The zero-order valence-corrected chi connectivity index (χ0v) is 10.1. The van der Waals surface area contributed by atoms with Gasteiger partial charge >= 0.3 is 5.97 Å². The maximum absolute atomic E-state index is 10.8. The Hall–Kier alpha value is -1.42. The van der Waals surface area contributed by atoms with Crippen LogP contribution >= 0.6 is 0 Å². The minimum atomic E-state index is -0.757. The number of nitrogens with zero attached hydrogens (tertiary/aromatic N) is 2. The zero-order chi connectivity index (χ0) is 12.3. The molecule has 0 atom stereocenters. The van der Waals surface area contributed by atoms with Crippen LogP contribution in [0, 0.1) is 12.8 Å². The molecule has 0 radical (unpaired) electrons. The quantitative estimate of drug-likeness (QED) is 0.813. The molecule has 92 valence electrons. The minimum Gasteiger partial charge on any atom is -0.480 e. The van der Waals surface area contributed by atoms with Crippen LogP contribution in [-0.2, 0) is 11.3 Å². The molecule has 0 bridgehead atoms. The van der Waals surface area contributed by atoms with E-state index in [4.69, 9.17) is 5.11 Å². The number of aryl methyl sites for hydroxylation is 1. The third-order valence-corrected chi connectivity index (χ3v) is 3.11. The molecule has 0 saturated heterocycles. The van der Waals surface area contributed by atoms with Crippen LogP contribution < -0.4 is 0 Å². The van der Waals surface area contributed by atoms with E-state index in [1.807, 2.05) is 24.1 Å². The van der Waals surface area contributed by atoms with Crippen molar-refractivity contribution in [2.24, 2.45) is 5.92 Å². The summed E-state index contributed by atoms with van der Waals surface area (Å²) in [5.74, 6) is -0.0569. The lowest BCUT2D eigenvalue weighted by atomic mass is 10.1. The Bertz CT molecular complexity index is 402. The molecule has 2 rings (SSSR count). The van der Waals surface area contributed by atoms with Crippen LogP contribution in [-0.4, -0.2) is 34.0 Å². The van der Waals surface area contributed by atoms with Crippen LogP contribution in [0.2, 0.25) is 0 Å². The SMILES string of the molecule is Cc1ccncc1CN(CC(=O)O)CC1CC1. The van der Waals surface area contributed by atoms with E-state index in [-0.39, 0.29) is 6.54 Å². The molecule has 4 heteroatoms. The summed E-state index contributed by atoms with van der Waals surface area (Å²) in [7, 11) is 0. The van der Waals surface area contributed by atoms with Gasteiger partial charge in [0.15, 0.2) is 0 Å². The van der Waals surface area contributed by atoms with Crippen molar-refractivity contribution in [2.75, 3.05) is 13.1 Å². The van der Waals surface area contributed by atoms with Crippen LogP contribution in [0.25, 0.3) is 0 Å². The molecule has 1 aromatic rings. The summed E-state index contributed by atoms with van der Waals surface area (Å²) in [4.78, 5) is 16.9. The van der Waals surface area contributed by atoms with Gasteiger partial charge in [-0.05, 0) is 42.9 Å². The fraction of sp³-hybridized carbons (Fsp3) is 0.538. The van der Waals surface area contributed by atoms with Gasteiger partial charge in [0.25, 0.3) is 0 Å². The van der Waals surface area contributed by atoms with Crippen molar-refractivity contribution in [3.05, 3.63) is 29.6 Å². The van der Waals surface area contributed by atoms with E-state index in [1.165, 1.54) is 18.4 Å². The number of carbonyl (C=O) groups is 1. The van der Waals surface area contributed by atoms with E-state index >= 15 is 0 Å². The van der Waals surface area contributed by atoms with Gasteiger partial charge in [-0.2, -0.15) is 0 Å². The molecular weight excluding hydrogens is 216 g/mol. The predicted octanol–water partition coefficient (Wildman–Crippen LogP) is 1.69. The Morgan fingerprint density at radius 1 is 1.59 bits per heavy atom. The van der Waals surface area contributed by atoms with E-state index in [2.05, 4.69) is 4.98 Å². The van der Waals surface area contributed by atoms with Crippen LogP contribution in [0.1, 0.15) is 24.0 Å². The molecular formula is C13H18N2O2. The van der Waals surface area contributed by atoms with Gasteiger partial charge < -0.3 is 5.11 Å². The molecule has 1 fully saturated rings. The summed E-state index contributed by atoms with van der Waals surface area (Å²) in [5.41, 5.74) is 2.29. The lowest BCUT2D eigenvalue weighted by molar-refractivity contribution is -0.138. The highest BCUT2D eigenvalue weighted by Crippen LogP contribution is 2.30. The number of pyridine rings is 1. The molecule has 0 aliphatic heterocycles. The smallest absolute Gasteiger partial charge is 0.317 e. The standard InChI is InChI=1S/C13H18N2O2/c1-10-4-5-14-6-12(10)8-15(9-13(16)17)7-11-2-3-11/h4-6,11H,2-3,7-9H2,1H3,(H,16,17). The Morgan fingerprint density at radius 2 is 2.35 bits per heavy atom. The van der Waals surface area contributed by atoms with Gasteiger partial charge in [-0.25, -0.2) is 0 Å². The first-order chi connectivity index (χ1) is 8.15. The summed E-state index contributed by atoms with van der Waals surface area (Å²) >= 11 is 0. The predicted molar refractivity (Wildman–Crippen MR) is 64.6 cm³/mol. The molecule has 0 spiro atoms. The average Bonchev–Trinajstić information content (AvgIpc) is 3.04. The van der Waals surface area contributed by atoms with Gasteiger partial charge in [-0.15, -0.1) is 0 Å². The maximum atomic E-state index is 10.8. The van der Waals surface area contributed by atoms with E-state index < -0.39 is 5.97 Å². The summed E-state index contributed by atoms with van der Waals surface area (Å²) < 4.78 is 0. The van der Waals surface area contributed by atoms with Crippen molar-refractivity contribution in [3.8, 4) is 0 Å². The van der Waals surface area contributed by atoms with Crippen LogP contribution in [0.5, 0.6) is 0 Å². The molecule has 1 aromatic heterocycles. The summed E-state index contributed by atoms with van der Waals surface area (Å²) in [5, 5.41) is 8.91. The average molecular weight is 234 g/mol. The molecule has 0 unspecified atom stereocenters. The zero-order valence-electron chi connectivity index (χ0n) is 10.1. The number of carboxylic acid groups (broad SMARTS) is 1. The van der Waals surface area contributed by atoms with Crippen molar-refractivity contribution >= 4 is 5.97 Å². The molecule has 1 N–H and O–H groups in total. The van der Waals surface area contributed by atoms with Gasteiger partial charge in [0, 0.05) is 25.5 Å². The molecule has 1 aliphatic carbocycles. The maximum Gasteiger partial charge on any atom is 0.317 e. The molecule has 17 heavy (non-hydrogen) atoms. The van der Waals surface area contributed by atoms with Crippen LogP contribution in [0.15, 0.2) is 18.5 Å². The second-order valence-corrected chi connectivity index (χ2v) is 4.81. The number of carboxylic acids is 1. The third kappa shape index (κ3) is 3.82. The van der Waals surface area contributed by atoms with Gasteiger partial charge in [0.05, 0.1) is 6.54 Å².